The molecule has 0 radical (unpaired) electrons. The van der Waals surface area contributed by atoms with Crippen molar-refractivity contribution < 1.29 is 9.53 Å². The summed E-state index contributed by atoms with van der Waals surface area (Å²) in [7, 11) is 0. The van der Waals surface area contributed by atoms with Crippen molar-refractivity contribution in [2.24, 2.45) is 5.73 Å². The second-order valence-corrected chi connectivity index (χ2v) is 3.91. The van der Waals surface area contributed by atoms with Gasteiger partial charge in [0, 0.05) is 18.9 Å². The Balaban J connectivity index is 2.17. The fourth-order valence-corrected chi connectivity index (χ4v) is 1.64. The molecular formula is C10H14N4O2. The van der Waals surface area contributed by atoms with E-state index < -0.39 is 11.5 Å². The van der Waals surface area contributed by atoms with Crippen LogP contribution in [0, 0.1) is 0 Å². The highest BCUT2D eigenvalue weighted by atomic mass is 16.5. The number of nitrogens with two attached hydrogens (primary N) is 1. The van der Waals surface area contributed by atoms with Crippen molar-refractivity contribution in [3.05, 3.63) is 18.5 Å². The lowest BCUT2D eigenvalue weighted by Crippen LogP contribution is -2.57. The molecule has 1 unspecified atom stereocenters. The van der Waals surface area contributed by atoms with Gasteiger partial charge in [0.05, 0.1) is 13.2 Å². The smallest absolute Gasteiger partial charge is 0.251 e. The number of hydrogen-bond acceptors (Lipinski definition) is 5. The first-order valence-corrected chi connectivity index (χ1v) is 5.08. The summed E-state index contributed by atoms with van der Waals surface area (Å²) in [6, 6.07) is 1.75. The molecule has 0 spiro atoms. The van der Waals surface area contributed by atoms with E-state index in [4.69, 9.17) is 10.5 Å². The number of amides is 1. The van der Waals surface area contributed by atoms with Crippen molar-refractivity contribution in [2.45, 2.75) is 12.5 Å². The second kappa shape index (κ2) is 4.05. The molecule has 1 atom stereocenters. The number of hydrogen-bond donors (Lipinski definition) is 1. The van der Waals surface area contributed by atoms with Crippen LogP contribution in [-0.4, -0.2) is 41.2 Å². The topological polar surface area (TPSA) is 81.3 Å². The maximum absolute atomic E-state index is 11.3. The van der Waals surface area contributed by atoms with E-state index in [-0.39, 0.29) is 0 Å². The SMILES string of the molecule is CC1(C(N)=O)CN(c2ncccn2)CCO1. The lowest BCUT2D eigenvalue weighted by molar-refractivity contribution is -0.142. The summed E-state index contributed by atoms with van der Waals surface area (Å²) >= 11 is 0. The van der Waals surface area contributed by atoms with Crippen LogP contribution in [0.2, 0.25) is 0 Å². The molecule has 0 aromatic carbocycles. The van der Waals surface area contributed by atoms with E-state index in [9.17, 15) is 4.79 Å². The number of ether oxygens (including phenoxy) is 1. The molecule has 2 rings (SSSR count). The molecule has 16 heavy (non-hydrogen) atoms. The monoisotopic (exact) mass is 222 g/mol. The number of aromatic nitrogens is 2. The molecule has 6 heteroatoms. The fourth-order valence-electron chi connectivity index (χ4n) is 1.64. The average Bonchev–Trinajstić information content (AvgIpc) is 2.30. The van der Waals surface area contributed by atoms with E-state index in [1.807, 2.05) is 4.90 Å². The lowest BCUT2D eigenvalue weighted by atomic mass is 10.0. The highest BCUT2D eigenvalue weighted by Crippen LogP contribution is 2.19. The van der Waals surface area contributed by atoms with Gasteiger partial charge in [-0.05, 0) is 13.0 Å². The summed E-state index contributed by atoms with van der Waals surface area (Å²) in [6.07, 6.45) is 3.33. The fraction of sp³-hybridized carbons (Fsp3) is 0.500. The number of rotatable bonds is 2. The summed E-state index contributed by atoms with van der Waals surface area (Å²) in [5, 5.41) is 0. The number of carbonyl (C=O) groups excluding carboxylic acids is 1. The molecule has 1 saturated heterocycles. The molecule has 86 valence electrons. The summed E-state index contributed by atoms with van der Waals surface area (Å²) in [5.74, 6) is 0.131. The Morgan fingerprint density at radius 3 is 2.88 bits per heavy atom. The van der Waals surface area contributed by atoms with Crippen LogP contribution in [0.25, 0.3) is 0 Å². The Morgan fingerprint density at radius 2 is 2.25 bits per heavy atom. The van der Waals surface area contributed by atoms with Gasteiger partial charge in [-0.1, -0.05) is 0 Å². The van der Waals surface area contributed by atoms with Crippen LogP contribution >= 0.6 is 0 Å². The van der Waals surface area contributed by atoms with Gasteiger partial charge >= 0.3 is 0 Å². The number of carbonyl (C=O) groups is 1. The van der Waals surface area contributed by atoms with Crippen LogP contribution in [0.1, 0.15) is 6.92 Å². The van der Waals surface area contributed by atoms with Gasteiger partial charge in [-0.25, -0.2) is 9.97 Å². The highest BCUT2D eigenvalue weighted by Gasteiger charge is 2.38. The van der Waals surface area contributed by atoms with E-state index >= 15 is 0 Å². The largest absolute Gasteiger partial charge is 0.367 e. The normalized spacial score (nSPS) is 25.4. The molecule has 0 bridgehead atoms. The number of anilines is 1. The maximum Gasteiger partial charge on any atom is 0.251 e. The number of nitrogens with zero attached hydrogens (tertiary/aromatic N) is 3. The Kier molecular flexibility index (Phi) is 2.74. The molecule has 1 aromatic rings. The van der Waals surface area contributed by atoms with Crippen LogP contribution in [0.5, 0.6) is 0 Å². The van der Waals surface area contributed by atoms with E-state index in [0.29, 0.717) is 25.6 Å². The van der Waals surface area contributed by atoms with Gasteiger partial charge in [0.25, 0.3) is 5.91 Å². The third-order valence-electron chi connectivity index (χ3n) is 2.63. The van der Waals surface area contributed by atoms with E-state index in [1.54, 1.807) is 25.4 Å². The first kappa shape index (κ1) is 10.8. The van der Waals surface area contributed by atoms with E-state index in [0.717, 1.165) is 0 Å². The zero-order valence-corrected chi connectivity index (χ0v) is 9.09. The van der Waals surface area contributed by atoms with Crippen LogP contribution in [0.3, 0.4) is 0 Å². The van der Waals surface area contributed by atoms with Crippen molar-refractivity contribution in [3.8, 4) is 0 Å². The van der Waals surface area contributed by atoms with Crippen LogP contribution in [0.4, 0.5) is 5.95 Å². The van der Waals surface area contributed by atoms with Gasteiger partial charge in [0.15, 0.2) is 5.60 Å². The molecule has 2 N–H and O–H groups in total. The standard InChI is InChI=1S/C10H14N4O2/c1-10(8(11)15)7-14(5-6-16-10)9-12-3-2-4-13-9/h2-4H,5-7H2,1H3,(H2,11,15). The first-order valence-electron chi connectivity index (χ1n) is 5.08. The van der Waals surface area contributed by atoms with Crippen molar-refractivity contribution in [3.63, 3.8) is 0 Å². The summed E-state index contributed by atoms with van der Waals surface area (Å²) < 4.78 is 5.41. The minimum Gasteiger partial charge on any atom is -0.367 e. The van der Waals surface area contributed by atoms with Crippen molar-refractivity contribution in [1.29, 1.82) is 0 Å². The van der Waals surface area contributed by atoms with Gasteiger partial charge in [0.2, 0.25) is 5.95 Å². The predicted molar refractivity (Wildman–Crippen MR) is 57.8 cm³/mol. The average molecular weight is 222 g/mol. The minimum absolute atomic E-state index is 0.381. The summed E-state index contributed by atoms with van der Waals surface area (Å²) in [6.45, 7) is 3.17. The van der Waals surface area contributed by atoms with Gasteiger partial charge in [-0.3, -0.25) is 4.79 Å². The van der Waals surface area contributed by atoms with E-state index in [1.165, 1.54) is 0 Å². The Morgan fingerprint density at radius 1 is 1.56 bits per heavy atom. The molecule has 1 amide bonds. The quantitative estimate of drug-likeness (QED) is 0.733. The van der Waals surface area contributed by atoms with Crippen LogP contribution in [0.15, 0.2) is 18.5 Å². The van der Waals surface area contributed by atoms with Crippen molar-refractivity contribution in [2.75, 3.05) is 24.6 Å². The lowest BCUT2D eigenvalue weighted by Gasteiger charge is -2.38. The van der Waals surface area contributed by atoms with Gasteiger partial charge < -0.3 is 15.4 Å². The molecule has 0 aliphatic carbocycles. The van der Waals surface area contributed by atoms with Crippen LogP contribution in [-0.2, 0) is 9.53 Å². The summed E-state index contributed by atoms with van der Waals surface area (Å²) in [5.41, 5.74) is 4.35. The Labute approximate surface area is 93.4 Å². The van der Waals surface area contributed by atoms with Crippen molar-refractivity contribution in [1.82, 2.24) is 9.97 Å². The molecule has 1 aromatic heterocycles. The molecule has 2 heterocycles. The second-order valence-electron chi connectivity index (χ2n) is 3.91. The van der Waals surface area contributed by atoms with E-state index in [2.05, 4.69) is 9.97 Å². The maximum atomic E-state index is 11.3. The Bertz CT molecular complexity index is 384. The van der Waals surface area contributed by atoms with Gasteiger partial charge in [-0.15, -0.1) is 0 Å². The number of morpholine rings is 1. The molecule has 1 aliphatic heterocycles. The molecular weight excluding hydrogens is 208 g/mol. The zero-order chi connectivity index (χ0) is 11.6. The third kappa shape index (κ3) is 1.96. The first-order chi connectivity index (χ1) is 7.62. The molecule has 0 saturated carbocycles. The van der Waals surface area contributed by atoms with Crippen molar-refractivity contribution >= 4 is 11.9 Å². The third-order valence-corrected chi connectivity index (χ3v) is 2.63. The summed E-state index contributed by atoms with van der Waals surface area (Å²) in [4.78, 5) is 21.4. The molecule has 1 aliphatic rings. The molecule has 6 nitrogen and oxygen atoms in total. The predicted octanol–water partition coefficient (Wildman–Crippen LogP) is -0.443. The van der Waals surface area contributed by atoms with Gasteiger partial charge in [-0.2, -0.15) is 0 Å². The number of primary amides is 1. The Hall–Kier alpha value is -1.69. The zero-order valence-electron chi connectivity index (χ0n) is 9.09. The van der Waals surface area contributed by atoms with Crippen LogP contribution < -0.4 is 10.6 Å². The highest BCUT2D eigenvalue weighted by molar-refractivity contribution is 5.84. The van der Waals surface area contributed by atoms with Gasteiger partial charge in [0.1, 0.15) is 0 Å². The minimum atomic E-state index is -0.961. The molecule has 1 fully saturated rings.